The number of phenols is 4. The fourth-order valence-electron chi connectivity index (χ4n) is 4.33. The first-order chi connectivity index (χ1) is 17.8. The van der Waals surface area contributed by atoms with Crippen LogP contribution >= 0.6 is 92.8 Å². The van der Waals surface area contributed by atoms with Crippen molar-refractivity contribution < 1.29 is 20.4 Å². The van der Waals surface area contributed by atoms with E-state index in [0.29, 0.717) is 0 Å². The smallest absolute Gasteiger partial charge is 0.139 e. The average Bonchev–Trinajstić information content (AvgIpc) is 2.85. The maximum absolute atomic E-state index is 11.2. The largest absolute Gasteiger partial charge is 0.508 e. The number of aromatic hydroxyl groups is 4. The minimum atomic E-state index is -1.34. The Balaban J connectivity index is 2.27. The highest BCUT2D eigenvalue weighted by molar-refractivity contribution is 6.45. The molecule has 198 valence electrons. The van der Waals surface area contributed by atoms with E-state index in [-0.39, 0.29) is 73.9 Å². The average molecular weight is 674 g/mol. The van der Waals surface area contributed by atoms with Crippen molar-refractivity contribution in [2.75, 3.05) is 0 Å². The molecule has 0 saturated heterocycles. The van der Waals surface area contributed by atoms with Crippen molar-refractivity contribution >= 4 is 92.8 Å². The van der Waals surface area contributed by atoms with Crippen molar-refractivity contribution in [3.63, 3.8) is 0 Å². The fraction of sp³-hybridized carbons (Fsp3) is 0.0769. The van der Waals surface area contributed by atoms with Gasteiger partial charge in [0.15, 0.2) is 0 Å². The van der Waals surface area contributed by atoms with E-state index in [1.165, 1.54) is 48.5 Å². The molecular formula is C26H14Cl8O4. The zero-order chi connectivity index (χ0) is 28.0. The molecule has 4 rings (SSSR count). The van der Waals surface area contributed by atoms with Crippen LogP contribution in [0.5, 0.6) is 23.0 Å². The molecule has 0 aromatic heterocycles. The van der Waals surface area contributed by atoms with E-state index < -0.39 is 23.3 Å². The molecule has 38 heavy (non-hydrogen) atoms. The highest BCUT2D eigenvalue weighted by Gasteiger charge is 2.40. The Kier molecular flexibility index (Phi) is 8.88. The van der Waals surface area contributed by atoms with Crippen molar-refractivity contribution in [3.05, 3.63) is 111 Å². The maximum Gasteiger partial charge on any atom is 0.139 e. The van der Waals surface area contributed by atoms with Gasteiger partial charge in [-0.15, -0.1) is 0 Å². The Morgan fingerprint density at radius 2 is 0.816 bits per heavy atom. The molecule has 0 unspecified atom stereocenters. The second-order valence-corrected chi connectivity index (χ2v) is 11.5. The summed E-state index contributed by atoms with van der Waals surface area (Å²) < 4.78 is 0. The monoisotopic (exact) mass is 670 g/mol. The zero-order valence-corrected chi connectivity index (χ0v) is 24.6. The highest BCUT2D eigenvalue weighted by Crippen LogP contribution is 2.58. The van der Waals surface area contributed by atoms with Crippen LogP contribution in [0, 0.1) is 0 Å². The number of phenolic OH excluding ortho intramolecular Hbond substituents is 4. The molecule has 0 bridgehead atoms. The van der Waals surface area contributed by atoms with Gasteiger partial charge in [-0.2, -0.15) is 0 Å². The van der Waals surface area contributed by atoms with Gasteiger partial charge >= 0.3 is 0 Å². The van der Waals surface area contributed by atoms with E-state index in [4.69, 9.17) is 92.8 Å². The molecule has 0 spiro atoms. The molecule has 0 saturated carbocycles. The van der Waals surface area contributed by atoms with E-state index in [9.17, 15) is 20.4 Å². The molecule has 4 aromatic rings. The third-order valence-electron chi connectivity index (χ3n) is 5.97. The lowest BCUT2D eigenvalue weighted by atomic mass is 9.72. The molecule has 12 heteroatoms. The van der Waals surface area contributed by atoms with Crippen LogP contribution in [0.25, 0.3) is 0 Å². The van der Waals surface area contributed by atoms with Crippen molar-refractivity contribution in [1.29, 1.82) is 0 Å². The van der Waals surface area contributed by atoms with Gasteiger partial charge in [-0.05, 0) is 48.5 Å². The summed E-state index contributed by atoms with van der Waals surface area (Å²) in [6.07, 6.45) is 0. The molecule has 0 aliphatic carbocycles. The summed E-state index contributed by atoms with van der Waals surface area (Å²) in [5, 5.41) is 44.1. The number of benzene rings is 4. The standard InChI is InChI=1S/C26H14Cl8O4/c27-9-1-3-17(35)11(5-9)19(12-6-10(28)2-4-18(12)36)20(21-23(33)13(29)7-15(31)25(21)37)22-24(34)14(30)8-16(32)26(22)38/h1-8,19-20,35-38H. The summed E-state index contributed by atoms with van der Waals surface area (Å²) in [5.41, 5.74) is 0.0586. The molecule has 0 atom stereocenters. The highest BCUT2D eigenvalue weighted by atomic mass is 35.5. The predicted molar refractivity (Wildman–Crippen MR) is 156 cm³/mol. The summed E-state index contributed by atoms with van der Waals surface area (Å²) in [7, 11) is 0. The Hall–Kier alpha value is -1.60. The minimum Gasteiger partial charge on any atom is -0.508 e. The molecule has 0 radical (unpaired) electrons. The van der Waals surface area contributed by atoms with Gasteiger partial charge in [-0.25, -0.2) is 0 Å². The molecule has 4 N–H and O–H groups in total. The van der Waals surface area contributed by atoms with Crippen molar-refractivity contribution in [2.45, 2.75) is 11.8 Å². The van der Waals surface area contributed by atoms with Gasteiger partial charge in [0.05, 0.1) is 30.1 Å². The van der Waals surface area contributed by atoms with Gasteiger partial charge in [0.1, 0.15) is 23.0 Å². The summed E-state index contributed by atoms with van der Waals surface area (Å²) >= 11 is 51.2. The first-order valence-electron chi connectivity index (χ1n) is 10.5. The summed E-state index contributed by atoms with van der Waals surface area (Å²) in [5.74, 6) is -4.05. The fourth-order valence-corrected chi connectivity index (χ4v) is 6.17. The first-order valence-corrected chi connectivity index (χ1v) is 13.5. The molecular weight excluding hydrogens is 660 g/mol. The molecule has 4 nitrogen and oxygen atoms in total. The number of halogens is 8. The van der Waals surface area contributed by atoms with E-state index in [1.807, 2.05) is 0 Å². The quantitative estimate of drug-likeness (QED) is 0.159. The summed E-state index contributed by atoms with van der Waals surface area (Å²) in [6.45, 7) is 0. The lowest BCUT2D eigenvalue weighted by molar-refractivity contribution is 0.432. The van der Waals surface area contributed by atoms with Crippen LogP contribution in [-0.2, 0) is 0 Å². The van der Waals surface area contributed by atoms with E-state index >= 15 is 0 Å². The molecule has 0 aliphatic heterocycles. The van der Waals surface area contributed by atoms with Gasteiger partial charge in [-0.1, -0.05) is 92.8 Å². The second kappa shape index (κ2) is 11.5. The summed E-state index contributed by atoms with van der Waals surface area (Å²) in [4.78, 5) is 0. The lowest BCUT2D eigenvalue weighted by Crippen LogP contribution is -2.17. The molecule has 0 amide bonds. The van der Waals surface area contributed by atoms with Crippen LogP contribution in [-0.4, -0.2) is 20.4 Å². The van der Waals surface area contributed by atoms with Crippen LogP contribution in [0.4, 0.5) is 0 Å². The molecule has 0 aliphatic rings. The van der Waals surface area contributed by atoms with Crippen LogP contribution in [0.2, 0.25) is 40.2 Å². The first kappa shape index (κ1) is 29.4. The third kappa shape index (κ3) is 5.39. The number of hydrogen-bond donors (Lipinski definition) is 4. The van der Waals surface area contributed by atoms with Gasteiger partial charge in [0, 0.05) is 44.1 Å². The SMILES string of the molecule is Oc1ccc(Cl)cc1C(c1cc(Cl)ccc1O)C(c1c(O)c(Cl)cc(Cl)c1Cl)c1c(O)c(Cl)cc(Cl)c1Cl. The Labute approximate surface area is 257 Å². The van der Waals surface area contributed by atoms with Crippen molar-refractivity contribution in [2.24, 2.45) is 0 Å². The van der Waals surface area contributed by atoms with Crippen LogP contribution < -0.4 is 0 Å². The Bertz CT molecular complexity index is 1410. The normalized spacial score (nSPS) is 11.5. The number of rotatable bonds is 5. The maximum atomic E-state index is 11.2. The lowest BCUT2D eigenvalue weighted by Gasteiger charge is -2.33. The zero-order valence-electron chi connectivity index (χ0n) is 18.6. The van der Waals surface area contributed by atoms with E-state index in [1.54, 1.807) is 0 Å². The predicted octanol–water partition coefficient (Wildman–Crippen LogP) is 10.7. The van der Waals surface area contributed by atoms with Crippen molar-refractivity contribution in [1.82, 2.24) is 0 Å². The topological polar surface area (TPSA) is 80.9 Å². The van der Waals surface area contributed by atoms with Crippen LogP contribution in [0.1, 0.15) is 34.1 Å². The second-order valence-electron chi connectivity index (χ2n) is 8.19. The van der Waals surface area contributed by atoms with Gasteiger partial charge < -0.3 is 20.4 Å². The molecule has 0 heterocycles. The van der Waals surface area contributed by atoms with E-state index in [2.05, 4.69) is 0 Å². The van der Waals surface area contributed by atoms with Gasteiger partial charge in [0.2, 0.25) is 0 Å². The molecule has 4 aromatic carbocycles. The number of hydrogen-bond acceptors (Lipinski definition) is 4. The Morgan fingerprint density at radius 3 is 1.18 bits per heavy atom. The van der Waals surface area contributed by atoms with E-state index in [0.717, 1.165) is 0 Å². The Morgan fingerprint density at radius 1 is 0.447 bits per heavy atom. The third-order valence-corrected chi connectivity index (χ3v) is 8.62. The van der Waals surface area contributed by atoms with Gasteiger partial charge in [-0.3, -0.25) is 0 Å². The van der Waals surface area contributed by atoms with Gasteiger partial charge in [0.25, 0.3) is 0 Å². The summed E-state index contributed by atoms with van der Waals surface area (Å²) in [6, 6.07) is 10.9. The molecule has 0 fully saturated rings. The van der Waals surface area contributed by atoms with Crippen molar-refractivity contribution in [3.8, 4) is 23.0 Å². The minimum absolute atomic E-state index is 0.0393. The van der Waals surface area contributed by atoms with Crippen LogP contribution in [0.15, 0.2) is 48.5 Å². The van der Waals surface area contributed by atoms with Crippen LogP contribution in [0.3, 0.4) is 0 Å².